The minimum absolute atomic E-state index is 0.164. The Hall–Kier alpha value is -2.18. The number of carbonyl (C=O) groups is 2. The summed E-state index contributed by atoms with van der Waals surface area (Å²) in [6.07, 6.45) is 10.2. The van der Waals surface area contributed by atoms with Crippen molar-refractivity contribution in [1.29, 1.82) is 0 Å². The van der Waals surface area contributed by atoms with Crippen LogP contribution in [0, 0.1) is 0 Å². The van der Waals surface area contributed by atoms with Crippen LogP contribution < -0.4 is 0 Å². The van der Waals surface area contributed by atoms with E-state index in [9.17, 15) is 9.59 Å². The van der Waals surface area contributed by atoms with E-state index in [1.807, 2.05) is 0 Å². The van der Waals surface area contributed by atoms with Crippen molar-refractivity contribution in [1.82, 2.24) is 0 Å². The highest BCUT2D eigenvalue weighted by Gasteiger charge is 2.09. The second kappa shape index (κ2) is 19.2. The molecule has 6 heteroatoms. The second-order valence-corrected chi connectivity index (χ2v) is 6.56. The molecule has 0 bridgehead atoms. The van der Waals surface area contributed by atoms with Crippen molar-refractivity contribution in [3.8, 4) is 0 Å². The topological polar surface area (TPSA) is 71.1 Å². The van der Waals surface area contributed by atoms with Gasteiger partial charge in [0.25, 0.3) is 0 Å². The molecule has 0 unspecified atom stereocenters. The van der Waals surface area contributed by atoms with Crippen LogP contribution in [0.4, 0.5) is 0 Å². The van der Waals surface area contributed by atoms with Crippen molar-refractivity contribution in [2.24, 2.45) is 0 Å². The quantitative estimate of drug-likeness (QED) is 0.129. The molecule has 0 saturated carbocycles. The number of ether oxygens (including phenoxy) is 4. The molecule has 0 radical (unpaired) electrons. The number of unbranched alkanes of at least 4 members (excludes halogenated alkanes) is 6. The van der Waals surface area contributed by atoms with Gasteiger partial charge in [-0.1, -0.05) is 57.4 Å². The van der Waals surface area contributed by atoms with Gasteiger partial charge in [-0.3, -0.25) is 0 Å². The molecule has 0 atom stereocenters. The number of rotatable bonds is 20. The van der Waals surface area contributed by atoms with E-state index >= 15 is 0 Å². The summed E-state index contributed by atoms with van der Waals surface area (Å²) < 4.78 is 20.6. The predicted molar refractivity (Wildman–Crippen MR) is 115 cm³/mol. The van der Waals surface area contributed by atoms with Gasteiger partial charge in [0.05, 0.1) is 50.8 Å². The zero-order valence-electron chi connectivity index (χ0n) is 17.6. The van der Waals surface area contributed by atoms with Crippen molar-refractivity contribution in [2.45, 2.75) is 44.9 Å². The fourth-order valence-corrected chi connectivity index (χ4v) is 2.27. The summed E-state index contributed by atoms with van der Waals surface area (Å²) >= 11 is 0. The maximum atomic E-state index is 11.6. The highest BCUT2D eigenvalue weighted by Crippen LogP contribution is 2.08. The summed E-state index contributed by atoms with van der Waals surface area (Å²) in [5, 5.41) is 0. The standard InChI is InChI=1S/C23H36O6/c1-5-14-26-18-20(3)22(24)28-16-12-10-8-7-9-11-13-17-29-23(25)21(4)19-27-15-6-2/h5-6H,1-4,7-19H2. The lowest BCUT2D eigenvalue weighted by Gasteiger charge is -2.08. The molecule has 0 N–H and O–H groups in total. The van der Waals surface area contributed by atoms with E-state index in [-0.39, 0.29) is 13.2 Å². The van der Waals surface area contributed by atoms with Crippen LogP contribution >= 0.6 is 0 Å². The van der Waals surface area contributed by atoms with Gasteiger partial charge in [0.2, 0.25) is 0 Å². The molecule has 29 heavy (non-hydrogen) atoms. The highest BCUT2D eigenvalue weighted by atomic mass is 16.5. The van der Waals surface area contributed by atoms with E-state index < -0.39 is 11.9 Å². The number of hydrogen-bond donors (Lipinski definition) is 0. The fraction of sp³-hybridized carbons (Fsp3) is 0.565. The smallest absolute Gasteiger partial charge is 0.335 e. The molecule has 0 aromatic carbocycles. The van der Waals surface area contributed by atoms with Gasteiger partial charge in [0.15, 0.2) is 0 Å². The molecule has 0 aliphatic carbocycles. The maximum absolute atomic E-state index is 11.6. The Labute approximate surface area is 175 Å². The van der Waals surface area contributed by atoms with Crippen LogP contribution in [0.1, 0.15) is 44.9 Å². The van der Waals surface area contributed by atoms with Crippen molar-refractivity contribution in [3.63, 3.8) is 0 Å². The second-order valence-electron chi connectivity index (χ2n) is 6.56. The Bertz CT molecular complexity index is 477. The normalized spacial score (nSPS) is 10.2. The van der Waals surface area contributed by atoms with E-state index in [0.29, 0.717) is 37.6 Å². The van der Waals surface area contributed by atoms with Crippen LogP contribution in [0.3, 0.4) is 0 Å². The molecule has 0 amide bonds. The van der Waals surface area contributed by atoms with Crippen molar-refractivity contribution in [3.05, 3.63) is 49.6 Å². The van der Waals surface area contributed by atoms with E-state index in [4.69, 9.17) is 18.9 Å². The van der Waals surface area contributed by atoms with Crippen LogP contribution in [0.15, 0.2) is 49.6 Å². The van der Waals surface area contributed by atoms with Gasteiger partial charge in [-0.05, 0) is 12.8 Å². The van der Waals surface area contributed by atoms with Gasteiger partial charge < -0.3 is 18.9 Å². The van der Waals surface area contributed by atoms with E-state index in [1.165, 1.54) is 0 Å². The molecule has 0 saturated heterocycles. The van der Waals surface area contributed by atoms with Crippen LogP contribution in [0.25, 0.3) is 0 Å². The molecule has 164 valence electrons. The SMILES string of the molecule is C=CCOCC(=C)C(=O)OCCCCCCCCCOC(=O)C(=C)COCC=C. The van der Waals surface area contributed by atoms with Crippen LogP contribution in [0.2, 0.25) is 0 Å². The van der Waals surface area contributed by atoms with Gasteiger partial charge in [-0.2, -0.15) is 0 Å². The minimum Gasteiger partial charge on any atom is -0.462 e. The molecule has 0 aliphatic heterocycles. The van der Waals surface area contributed by atoms with E-state index in [2.05, 4.69) is 26.3 Å². The Kier molecular flexibility index (Phi) is 17.7. The van der Waals surface area contributed by atoms with Gasteiger partial charge in [-0.15, -0.1) is 13.2 Å². The summed E-state index contributed by atoms with van der Waals surface area (Å²) in [5.41, 5.74) is 0.640. The Morgan fingerprint density at radius 1 is 0.621 bits per heavy atom. The lowest BCUT2D eigenvalue weighted by atomic mass is 10.1. The molecule has 0 aromatic rings. The lowest BCUT2D eigenvalue weighted by Crippen LogP contribution is -2.12. The first-order valence-electron chi connectivity index (χ1n) is 10.1. The van der Waals surface area contributed by atoms with Crippen molar-refractivity contribution >= 4 is 11.9 Å². The van der Waals surface area contributed by atoms with Gasteiger partial charge in [0.1, 0.15) is 0 Å². The van der Waals surface area contributed by atoms with E-state index in [1.54, 1.807) is 12.2 Å². The first-order chi connectivity index (χ1) is 14.0. The largest absolute Gasteiger partial charge is 0.462 e. The third-order valence-electron chi connectivity index (χ3n) is 3.86. The molecule has 0 spiro atoms. The average molecular weight is 409 g/mol. The summed E-state index contributed by atoms with van der Waals surface area (Å²) in [7, 11) is 0. The molecule has 0 heterocycles. The molecule has 0 rings (SSSR count). The van der Waals surface area contributed by atoms with E-state index in [0.717, 1.165) is 44.9 Å². The Morgan fingerprint density at radius 3 is 1.31 bits per heavy atom. The Balaban J connectivity index is 3.45. The summed E-state index contributed by atoms with van der Waals surface area (Å²) in [4.78, 5) is 23.3. The highest BCUT2D eigenvalue weighted by molar-refractivity contribution is 5.88. The zero-order valence-corrected chi connectivity index (χ0v) is 17.6. The molecule has 0 aromatic heterocycles. The average Bonchev–Trinajstić information content (AvgIpc) is 2.71. The third-order valence-corrected chi connectivity index (χ3v) is 3.86. The molecular weight excluding hydrogens is 372 g/mol. The van der Waals surface area contributed by atoms with Crippen molar-refractivity contribution in [2.75, 3.05) is 39.6 Å². The van der Waals surface area contributed by atoms with Crippen LogP contribution in [-0.4, -0.2) is 51.6 Å². The molecular formula is C23H36O6. The first-order valence-corrected chi connectivity index (χ1v) is 10.1. The molecule has 0 fully saturated rings. The van der Waals surface area contributed by atoms with Crippen LogP contribution in [-0.2, 0) is 28.5 Å². The Morgan fingerprint density at radius 2 is 0.966 bits per heavy atom. The van der Waals surface area contributed by atoms with Gasteiger partial charge >= 0.3 is 11.9 Å². The van der Waals surface area contributed by atoms with Gasteiger partial charge in [-0.25, -0.2) is 9.59 Å². The molecule has 0 aliphatic rings. The summed E-state index contributed by atoms with van der Waals surface area (Å²) in [6, 6.07) is 0. The van der Waals surface area contributed by atoms with Gasteiger partial charge in [0, 0.05) is 0 Å². The lowest BCUT2D eigenvalue weighted by molar-refractivity contribution is -0.140. The fourth-order valence-electron chi connectivity index (χ4n) is 2.27. The number of carbonyl (C=O) groups excluding carboxylic acids is 2. The maximum Gasteiger partial charge on any atom is 0.335 e. The third kappa shape index (κ3) is 16.5. The van der Waals surface area contributed by atoms with Crippen molar-refractivity contribution < 1.29 is 28.5 Å². The number of esters is 2. The first kappa shape index (κ1) is 26.8. The predicted octanol–water partition coefficient (Wildman–Crippen LogP) is 4.32. The van der Waals surface area contributed by atoms with Crippen LogP contribution in [0.5, 0.6) is 0 Å². The zero-order chi connectivity index (χ0) is 21.7. The summed E-state index contributed by atoms with van der Waals surface area (Å²) in [6.45, 7) is 16.3. The minimum atomic E-state index is -0.404. The molecule has 6 nitrogen and oxygen atoms in total. The summed E-state index contributed by atoms with van der Waals surface area (Å²) in [5.74, 6) is -0.808. The monoisotopic (exact) mass is 408 g/mol. The number of hydrogen-bond acceptors (Lipinski definition) is 6.